The zero-order chi connectivity index (χ0) is 18.1. The van der Waals surface area contributed by atoms with Gasteiger partial charge in [0, 0.05) is 17.5 Å². The maximum absolute atomic E-state index is 4.94. The summed E-state index contributed by atoms with van der Waals surface area (Å²) in [5.74, 6) is 0. The molecule has 27 heavy (non-hydrogen) atoms. The summed E-state index contributed by atoms with van der Waals surface area (Å²) in [5, 5.41) is 6.98. The van der Waals surface area contributed by atoms with Gasteiger partial charge in [-0.15, -0.1) is 11.3 Å². The number of rotatable bonds is 3. The molecule has 1 aromatic heterocycles. The second-order valence-corrected chi connectivity index (χ2v) is 7.81. The van der Waals surface area contributed by atoms with E-state index in [-0.39, 0.29) is 0 Å². The van der Waals surface area contributed by atoms with Gasteiger partial charge in [-0.25, -0.2) is 4.98 Å². The molecule has 3 heteroatoms. The molecule has 5 rings (SSSR count). The van der Waals surface area contributed by atoms with Gasteiger partial charge in [-0.2, -0.15) is 0 Å². The summed E-state index contributed by atoms with van der Waals surface area (Å²) in [7, 11) is 0. The average molecular weight is 369 g/mol. The van der Waals surface area contributed by atoms with E-state index in [0.717, 1.165) is 18.7 Å². The van der Waals surface area contributed by atoms with Gasteiger partial charge in [-0.1, -0.05) is 78.9 Å². The fraction of sp³-hybridized carbons (Fsp3) is 0.125. The highest BCUT2D eigenvalue weighted by Gasteiger charge is 2.21. The van der Waals surface area contributed by atoms with Gasteiger partial charge in [0.1, 0.15) is 5.01 Å². The van der Waals surface area contributed by atoms with Crippen LogP contribution in [0.3, 0.4) is 0 Å². The van der Waals surface area contributed by atoms with Crippen LogP contribution in [0.5, 0.6) is 0 Å². The van der Waals surface area contributed by atoms with Gasteiger partial charge in [-0.3, -0.25) is 0 Å². The van der Waals surface area contributed by atoms with Gasteiger partial charge in [0.2, 0.25) is 0 Å². The Kier molecular flexibility index (Phi) is 4.32. The van der Waals surface area contributed by atoms with Crippen LogP contribution in [0.25, 0.3) is 22.4 Å². The van der Waals surface area contributed by atoms with Crippen molar-refractivity contribution < 1.29 is 0 Å². The van der Waals surface area contributed by atoms with Crippen LogP contribution in [0.4, 0.5) is 0 Å². The van der Waals surface area contributed by atoms with E-state index in [1.165, 1.54) is 32.8 Å². The normalized spacial score (nSPS) is 16.1. The van der Waals surface area contributed by atoms with E-state index in [1.54, 1.807) is 11.3 Å². The second kappa shape index (κ2) is 7.10. The van der Waals surface area contributed by atoms with Gasteiger partial charge in [0.05, 0.1) is 11.7 Å². The molecule has 2 heterocycles. The SMILES string of the molecule is c1ccc(-c2ccc(-c3csc(C4Cc5ccccc5CN4)n3)cc2)cc1. The number of benzene rings is 3. The van der Waals surface area contributed by atoms with Crippen molar-refractivity contribution in [2.24, 2.45) is 0 Å². The minimum absolute atomic E-state index is 0.308. The van der Waals surface area contributed by atoms with Gasteiger partial charge in [-0.05, 0) is 28.7 Å². The van der Waals surface area contributed by atoms with Gasteiger partial charge in [0.25, 0.3) is 0 Å². The van der Waals surface area contributed by atoms with Crippen LogP contribution in [0.1, 0.15) is 22.2 Å². The molecule has 0 bridgehead atoms. The van der Waals surface area contributed by atoms with Crippen molar-refractivity contribution in [2.45, 2.75) is 19.0 Å². The Hall–Kier alpha value is -2.75. The molecule has 3 aromatic carbocycles. The maximum atomic E-state index is 4.94. The minimum Gasteiger partial charge on any atom is -0.304 e. The van der Waals surface area contributed by atoms with Crippen molar-refractivity contribution in [1.29, 1.82) is 0 Å². The summed E-state index contributed by atoms with van der Waals surface area (Å²) in [6, 6.07) is 28.2. The van der Waals surface area contributed by atoms with Crippen LogP contribution in [-0.4, -0.2) is 4.98 Å². The lowest BCUT2D eigenvalue weighted by Crippen LogP contribution is -2.28. The number of nitrogens with zero attached hydrogens (tertiary/aromatic N) is 1. The molecule has 1 unspecified atom stereocenters. The third kappa shape index (κ3) is 3.32. The number of hydrogen-bond donors (Lipinski definition) is 1. The molecular weight excluding hydrogens is 348 g/mol. The third-order valence-corrected chi connectivity index (χ3v) is 6.15. The van der Waals surface area contributed by atoms with Gasteiger partial charge >= 0.3 is 0 Å². The van der Waals surface area contributed by atoms with Crippen molar-refractivity contribution in [3.63, 3.8) is 0 Å². The standard InChI is InChI=1S/C24H20N2S/c1-2-6-17(7-3-1)18-10-12-19(13-11-18)23-16-27-24(26-23)22-14-20-8-4-5-9-21(20)15-25-22/h1-13,16,22,25H,14-15H2. The first-order valence-electron chi connectivity index (χ1n) is 9.28. The van der Waals surface area contributed by atoms with E-state index in [0.29, 0.717) is 6.04 Å². The average Bonchev–Trinajstić information content (AvgIpc) is 3.24. The first-order valence-corrected chi connectivity index (χ1v) is 10.2. The van der Waals surface area contributed by atoms with Crippen LogP contribution in [-0.2, 0) is 13.0 Å². The lowest BCUT2D eigenvalue weighted by molar-refractivity contribution is 0.497. The fourth-order valence-electron chi connectivity index (χ4n) is 3.67. The summed E-state index contributed by atoms with van der Waals surface area (Å²) < 4.78 is 0. The number of thiazole rings is 1. The molecule has 0 saturated heterocycles. The smallest absolute Gasteiger partial charge is 0.111 e. The molecule has 0 fully saturated rings. The van der Waals surface area contributed by atoms with Crippen LogP contribution >= 0.6 is 11.3 Å². The molecule has 0 amide bonds. The monoisotopic (exact) mass is 368 g/mol. The van der Waals surface area contributed by atoms with Crippen LogP contribution in [0.2, 0.25) is 0 Å². The second-order valence-electron chi connectivity index (χ2n) is 6.92. The highest BCUT2D eigenvalue weighted by Crippen LogP contribution is 2.31. The lowest BCUT2D eigenvalue weighted by atomic mass is 9.96. The van der Waals surface area contributed by atoms with Crippen molar-refractivity contribution in [1.82, 2.24) is 10.3 Å². The Morgan fingerprint density at radius 1 is 0.741 bits per heavy atom. The Morgan fingerprint density at radius 3 is 2.22 bits per heavy atom. The van der Waals surface area contributed by atoms with Crippen LogP contribution < -0.4 is 5.32 Å². The van der Waals surface area contributed by atoms with E-state index in [1.807, 2.05) is 6.07 Å². The summed E-state index contributed by atoms with van der Waals surface area (Å²) in [6.07, 6.45) is 1.01. The molecule has 0 spiro atoms. The number of aromatic nitrogens is 1. The van der Waals surface area contributed by atoms with Crippen molar-refractivity contribution in [2.75, 3.05) is 0 Å². The zero-order valence-corrected chi connectivity index (χ0v) is 15.7. The van der Waals surface area contributed by atoms with Crippen molar-refractivity contribution in [3.8, 4) is 22.4 Å². The fourth-order valence-corrected chi connectivity index (χ4v) is 4.58. The molecule has 0 aliphatic carbocycles. The topological polar surface area (TPSA) is 24.9 Å². The Morgan fingerprint density at radius 2 is 1.41 bits per heavy atom. The molecule has 1 aliphatic rings. The minimum atomic E-state index is 0.308. The van der Waals surface area contributed by atoms with E-state index in [9.17, 15) is 0 Å². The summed E-state index contributed by atoms with van der Waals surface area (Å²) in [6.45, 7) is 0.918. The summed E-state index contributed by atoms with van der Waals surface area (Å²) in [5.41, 5.74) is 7.56. The molecule has 0 saturated carbocycles. The van der Waals surface area contributed by atoms with Crippen LogP contribution in [0, 0.1) is 0 Å². The Bertz CT molecular complexity index is 1050. The molecule has 2 nitrogen and oxygen atoms in total. The Balaban J connectivity index is 1.37. The zero-order valence-electron chi connectivity index (χ0n) is 14.9. The van der Waals surface area contributed by atoms with Crippen molar-refractivity contribution in [3.05, 3.63) is 100 Å². The van der Waals surface area contributed by atoms with E-state index < -0.39 is 0 Å². The van der Waals surface area contributed by atoms with Gasteiger partial charge < -0.3 is 5.32 Å². The predicted octanol–water partition coefficient (Wildman–Crippen LogP) is 5.86. The molecule has 0 radical (unpaired) electrons. The highest BCUT2D eigenvalue weighted by molar-refractivity contribution is 7.10. The van der Waals surface area contributed by atoms with E-state index in [2.05, 4.69) is 83.5 Å². The highest BCUT2D eigenvalue weighted by atomic mass is 32.1. The molecule has 1 N–H and O–H groups in total. The van der Waals surface area contributed by atoms with E-state index in [4.69, 9.17) is 4.98 Å². The number of fused-ring (bicyclic) bond motifs is 1. The number of nitrogens with one attached hydrogen (secondary N) is 1. The van der Waals surface area contributed by atoms with E-state index >= 15 is 0 Å². The quantitative estimate of drug-likeness (QED) is 0.489. The predicted molar refractivity (Wildman–Crippen MR) is 113 cm³/mol. The number of hydrogen-bond acceptors (Lipinski definition) is 3. The third-order valence-electron chi connectivity index (χ3n) is 5.19. The largest absolute Gasteiger partial charge is 0.304 e. The molecule has 1 atom stereocenters. The van der Waals surface area contributed by atoms with Crippen molar-refractivity contribution >= 4 is 11.3 Å². The first kappa shape index (κ1) is 16.4. The summed E-state index contributed by atoms with van der Waals surface area (Å²) >= 11 is 1.75. The molecular formula is C24H20N2S. The van der Waals surface area contributed by atoms with Crippen LogP contribution in [0.15, 0.2) is 84.2 Å². The summed E-state index contributed by atoms with van der Waals surface area (Å²) in [4.78, 5) is 4.94. The molecule has 132 valence electrons. The maximum Gasteiger partial charge on any atom is 0.111 e. The lowest BCUT2D eigenvalue weighted by Gasteiger charge is -2.24. The van der Waals surface area contributed by atoms with Gasteiger partial charge in [0.15, 0.2) is 0 Å². The molecule has 1 aliphatic heterocycles. The molecule has 4 aromatic rings. The Labute approximate surface area is 163 Å². The first-order chi connectivity index (χ1) is 13.4.